The number of amides is 1. The number of aliphatic hydroxyl groups excluding tert-OH is 1. The molecule has 6 atom stereocenters. The highest BCUT2D eigenvalue weighted by atomic mass is 16.6. The predicted molar refractivity (Wildman–Crippen MR) is 176 cm³/mol. The van der Waals surface area contributed by atoms with Gasteiger partial charge in [0, 0.05) is 44.5 Å². The van der Waals surface area contributed by atoms with E-state index in [9.17, 15) is 28.8 Å². The summed E-state index contributed by atoms with van der Waals surface area (Å²) in [4.78, 5) is 75.0. The van der Waals surface area contributed by atoms with Crippen LogP contribution in [0.5, 0.6) is 0 Å². The highest BCUT2D eigenvalue weighted by molar-refractivity contribution is 5.91. The average Bonchev–Trinajstić information content (AvgIpc) is 3.54. The first kappa shape index (κ1) is 36.2. The third-order valence-electron chi connectivity index (χ3n) is 9.01. The van der Waals surface area contributed by atoms with Gasteiger partial charge < -0.3 is 29.4 Å². The second-order valence-electron chi connectivity index (χ2n) is 12.8. The van der Waals surface area contributed by atoms with Crippen molar-refractivity contribution in [2.45, 2.75) is 96.0 Å². The van der Waals surface area contributed by atoms with Gasteiger partial charge in [-0.05, 0) is 56.4 Å². The summed E-state index contributed by atoms with van der Waals surface area (Å²) in [5.74, 6) is 6.65. The predicted octanol–water partition coefficient (Wildman–Crippen LogP) is 1.79. The fourth-order valence-corrected chi connectivity index (χ4v) is 6.36. The van der Waals surface area contributed by atoms with Gasteiger partial charge in [0.2, 0.25) is 7.34 Å². The van der Waals surface area contributed by atoms with Crippen LogP contribution in [0.2, 0.25) is 0 Å². The number of nitrogens with zero attached hydrogens (tertiary/aromatic N) is 1. The summed E-state index contributed by atoms with van der Waals surface area (Å²) in [6, 6.07) is 0. The Balaban J connectivity index is 1.12. The van der Waals surface area contributed by atoms with Crippen LogP contribution in [-0.2, 0) is 38.1 Å². The molecule has 0 aromatic carbocycles. The van der Waals surface area contributed by atoms with Crippen molar-refractivity contribution in [3.05, 3.63) is 38.7 Å². The molecule has 2 fully saturated rings. The lowest BCUT2D eigenvalue weighted by Gasteiger charge is -2.16. The molecule has 1 aromatic heterocycles. The molecule has 0 spiro atoms. The average molecular weight is 687 g/mol. The number of hydrogen-bond acceptors (Lipinski definition) is 11. The Kier molecular flexibility index (Phi) is 14.2. The number of ketones is 1. The van der Waals surface area contributed by atoms with Gasteiger partial charge in [0.15, 0.2) is 5.78 Å². The van der Waals surface area contributed by atoms with E-state index >= 15 is 0 Å². The van der Waals surface area contributed by atoms with Gasteiger partial charge in [-0.3, -0.25) is 28.7 Å². The van der Waals surface area contributed by atoms with Gasteiger partial charge in [0.25, 0.3) is 5.56 Å². The highest BCUT2D eigenvalue weighted by Gasteiger charge is 2.49. The summed E-state index contributed by atoms with van der Waals surface area (Å²) in [5.41, 5.74) is -1.47. The quantitative estimate of drug-likeness (QED) is 0.0784. The number of fused-ring (bicyclic) bond motifs is 1. The molecule has 1 saturated heterocycles. The Morgan fingerprint density at radius 2 is 1.82 bits per heavy atom. The Morgan fingerprint density at radius 3 is 2.55 bits per heavy atom. The Labute approximate surface area is 286 Å². The van der Waals surface area contributed by atoms with Gasteiger partial charge in [0.05, 0.1) is 18.8 Å². The smallest absolute Gasteiger partial charge is 0.332 e. The second kappa shape index (κ2) is 19.2. The van der Waals surface area contributed by atoms with E-state index in [1.165, 1.54) is 25.3 Å². The Morgan fingerprint density at radius 1 is 1.08 bits per heavy atom. The zero-order chi connectivity index (χ0) is 35.9. The summed E-state index contributed by atoms with van der Waals surface area (Å²) in [6.45, 7) is 1.29. The Bertz CT molecular complexity index is 1530. The van der Waals surface area contributed by atoms with Crippen LogP contribution >= 0.6 is 0 Å². The number of aliphatic hydroxyl groups is 1. The molecule has 14 heteroatoms. The molecule has 2 aliphatic carbocycles. The minimum absolute atomic E-state index is 0.00380. The van der Waals surface area contributed by atoms with E-state index in [0.29, 0.717) is 37.3 Å². The lowest BCUT2D eigenvalue weighted by molar-refractivity contribution is -0.158. The topological polar surface area (TPSA) is 192 Å². The summed E-state index contributed by atoms with van der Waals surface area (Å²) in [5, 5.41) is 7.18. The van der Waals surface area contributed by atoms with Crippen molar-refractivity contribution < 1.29 is 43.2 Å². The molecule has 1 aliphatic heterocycles. The first-order valence-corrected chi connectivity index (χ1v) is 17.1. The normalized spacial score (nSPS) is 24.5. The molecule has 1 aromatic rings. The number of unbranched alkanes of at least 4 members (excludes halogenated alkanes) is 4. The molecule has 1 amide bonds. The van der Waals surface area contributed by atoms with Crippen LogP contribution in [-0.4, -0.2) is 84.9 Å². The number of nitrogens with one attached hydrogen (secondary N) is 2. The van der Waals surface area contributed by atoms with E-state index in [0.717, 1.165) is 62.4 Å². The number of Topliss-reactive ketones (excluding diaryl/α,β-unsaturated/α-hetero) is 1. The number of carbonyl (C=O) groups is 4. The lowest BCUT2D eigenvalue weighted by atomic mass is 10.1. The zero-order valence-electron chi connectivity index (χ0n) is 28.9. The number of hydrogen-bond donors (Lipinski definition) is 3. The van der Waals surface area contributed by atoms with Crippen molar-refractivity contribution in [3.8, 4) is 11.8 Å². The van der Waals surface area contributed by atoms with Crippen LogP contribution in [0.15, 0.2) is 21.9 Å². The first-order valence-electron chi connectivity index (χ1n) is 17.5. The fraction of sp³-hybridized carbons (Fsp3) is 0.657. The molecular formula is C35H47N3O11. The first-order chi connectivity index (χ1) is 24.2. The van der Waals surface area contributed by atoms with Crippen LogP contribution in [0.4, 0.5) is 0 Å². The maximum absolute atomic E-state index is 12.6. The molecule has 4 rings (SSSR count). The van der Waals surface area contributed by atoms with Crippen molar-refractivity contribution in [3.63, 3.8) is 0 Å². The molecule has 14 nitrogen and oxygen atoms in total. The summed E-state index contributed by atoms with van der Waals surface area (Å²) in [7, 11) is 0. The SMILES string of the molecule is [2H]OC[C@H]1O[C@@H](n2cc(/C=C/C(=O)NCCCCCCCC(=O)OCC3[C@H]4CCC#CCC[C@@H]34)c(=O)[nH]c2=O)CC1OC(=O)COCC(C)=O. The van der Waals surface area contributed by atoms with Gasteiger partial charge in [0.1, 0.15) is 31.6 Å². The van der Waals surface area contributed by atoms with E-state index in [4.69, 9.17) is 20.4 Å². The third-order valence-corrected chi connectivity index (χ3v) is 9.01. The van der Waals surface area contributed by atoms with Crippen LogP contribution in [0.25, 0.3) is 6.08 Å². The van der Waals surface area contributed by atoms with Gasteiger partial charge in [-0.25, -0.2) is 9.59 Å². The fourth-order valence-electron chi connectivity index (χ4n) is 6.36. The van der Waals surface area contributed by atoms with Crippen molar-refractivity contribution in [1.29, 1.82) is 1.43 Å². The maximum Gasteiger partial charge on any atom is 0.332 e. The van der Waals surface area contributed by atoms with E-state index in [1.54, 1.807) is 0 Å². The summed E-state index contributed by atoms with van der Waals surface area (Å²) >= 11 is 0. The molecule has 3 aliphatic rings. The standard InChI is InChI=1S/C35H47N3O11/c1-23(40)20-46-22-33(43)49-28-17-31(48-29(28)19-39)38-18-24(34(44)37-35(38)45)14-15-30(41)36-16-10-6-2-3-9-13-32(42)47-21-27-25-11-7-4-5-8-12-26(25)27/h14-15,18,25-29,31,39H,2-3,6-13,16-17,19-22H2,1H3,(H,36,41)(H,37,44,45)/b15-14+/t25-,26+,27?,28?,29-,31-/m1/s1/i39D. The lowest BCUT2D eigenvalue weighted by Crippen LogP contribution is -2.33. The Hall–Kier alpha value is -4.06. The van der Waals surface area contributed by atoms with Crippen molar-refractivity contribution in [2.24, 2.45) is 17.8 Å². The van der Waals surface area contributed by atoms with Crippen molar-refractivity contribution in [1.82, 2.24) is 14.9 Å². The summed E-state index contributed by atoms with van der Waals surface area (Å²) < 4.78 is 29.8. The number of rotatable bonds is 20. The number of carbonyl (C=O) groups excluding carboxylic acids is 4. The molecule has 2 unspecified atom stereocenters. The number of H-pyrrole nitrogens is 1. The number of aromatic amines is 1. The monoisotopic (exact) mass is 686 g/mol. The van der Waals surface area contributed by atoms with E-state index in [2.05, 4.69) is 27.3 Å². The summed E-state index contributed by atoms with van der Waals surface area (Å²) in [6.07, 6.45) is 9.71. The van der Waals surface area contributed by atoms with E-state index < -0.39 is 48.2 Å². The molecule has 268 valence electrons. The van der Waals surface area contributed by atoms with Crippen molar-refractivity contribution in [2.75, 3.05) is 33.0 Å². The molecular weight excluding hydrogens is 638 g/mol. The third kappa shape index (κ3) is 12.1. The number of esters is 2. The molecule has 0 bridgehead atoms. The van der Waals surface area contributed by atoms with E-state index in [1.807, 2.05) is 0 Å². The van der Waals surface area contributed by atoms with Gasteiger partial charge in [-0.15, -0.1) is 11.8 Å². The van der Waals surface area contributed by atoms with Crippen LogP contribution < -0.4 is 16.6 Å². The maximum atomic E-state index is 12.6. The van der Waals surface area contributed by atoms with Gasteiger partial charge in [-0.1, -0.05) is 19.3 Å². The van der Waals surface area contributed by atoms with Gasteiger partial charge >= 0.3 is 17.6 Å². The van der Waals surface area contributed by atoms with Crippen LogP contribution in [0, 0.1) is 29.6 Å². The van der Waals surface area contributed by atoms with Crippen LogP contribution in [0.1, 0.15) is 89.3 Å². The molecule has 1 saturated carbocycles. The second-order valence-corrected chi connectivity index (χ2v) is 12.8. The molecule has 0 radical (unpaired) electrons. The molecule has 3 N–H and O–H groups in total. The zero-order valence-corrected chi connectivity index (χ0v) is 27.9. The molecule has 2 heterocycles. The van der Waals surface area contributed by atoms with Crippen LogP contribution in [0.3, 0.4) is 0 Å². The largest absolute Gasteiger partial charge is 0.465 e. The highest BCUT2D eigenvalue weighted by Crippen LogP contribution is 2.52. The number of aromatic nitrogens is 2. The number of ether oxygens (including phenoxy) is 4. The van der Waals surface area contributed by atoms with E-state index in [-0.39, 0.29) is 37.0 Å². The minimum Gasteiger partial charge on any atom is -0.465 e. The minimum atomic E-state index is -0.973. The van der Waals surface area contributed by atoms with Gasteiger partial charge in [-0.2, -0.15) is 0 Å². The van der Waals surface area contributed by atoms with Crippen molar-refractivity contribution >= 4 is 29.7 Å². The molecule has 49 heavy (non-hydrogen) atoms.